The first-order valence-electron chi connectivity index (χ1n) is 12.7. The van der Waals surface area contributed by atoms with Gasteiger partial charge in [-0.05, 0) is 60.5 Å². The maximum atomic E-state index is 13.2. The highest BCUT2D eigenvalue weighted by molar-refractivity contribution is 6.74. The number of aromatic nitrogens is 1. The number of amides is 2. The van der Waals surface area contributed by atoms with Crippen molar-refractivity contribution in [2.24, 2.45) is 11.8 Å². The maximum absolute atomic E-state index is 13.2. The lowest BCUT2D eigenvalue weighted by Crippen LogP contribution is -2.44. The van der Waals surface area contributed by atoms with Crippen molar-refractivity contribution in [3.8, 4) is 0 Å². The molecule has 2 fully saturated rings. The number of rotatable bonds is 7. The molecule has 2 aliphatic rings. The van der Waals surface area contributed by atoms with Gasteiger partial charge in [-0.3, -0.25) is 9.59 Å². The Morgan fingerprint density at radius 1 is 1.06 bits per heavy atom. The molecule has 2 N–H and O–H groups in total. The lowest BCUT2D eigenvalue weighted by molar-refractivity contribution is 0.0938. The zero-order chi connectivity index (χ0) is 25.5. The number of nitrogens with zero attached hydrogens (tertiary/aromatic N) is 1. The van der Waals surface area contributed by atoms with E-state index in [1.807, 2.05) is 43.3 Å². The number of pyridine rings is 1. The zero-order valence-electron chi connectivity index (χ0n) is 22.0. The fourth-order valence-electron chi connectivity index (χ4n) is 4.99. The molecule has 1 aromatic heterocycles. The molecule has 0 aliphatic heterocycles. The Balaban J connectivity index is 1.45. The Morgan fingerprint density at radius 3 is 2.26 bits per heavy atom. The highest BCUT2D eigenvalue weighted by Crippen LogP contribution is 2.54. The van der Waals surface area contributed by atoms with Crippen molar-refractivity contribution >= 4 is 20.1 Å². The molecule has 2 amide bonds. The van der Waals surface area contributed by atoms with E-state index in [9.17, 15) is 9.59 Å². The van der Waals surface area contributed by atoms with Gasteiger partial charge in [0, 0.05) is 36.4 Å². The van der Waals surface area contributed by atoms with E-state index in [1.165, 1.54) is 0 Å². The van der Waals surface area contributed by atoms with Crippen molar-refractivity contribution in [2.45, 2.75) is 76.7 Å². The first kappa shape index (κ1) is 25.6. The van der Waals surface area contributed by atoms with Crippen LogP contribution in [-0.2, 0) is 4.43 Å². The second kappa shape index (κ2) is 9.51. The molecule has 1 unspecified atom stereocenters. The molecule has 0 saturated heterocycles. The molecule has 35 heavy (non-hydrogen) atoms. The number of benzene rings is 1. The fourth-order valence-corrected chi connectivity index (χ4v) is 6.37. The van der Waals surface area contributed by atoms with Gasteiger partial charge in [0.05, 0.1) is 0 Å². The van der Waals surface area contributed by atoms with Gasteiger partial charge in [0.25, 0.3) is 11.8 Å². The SMILES string of the molecule is CNC(=O)c1cc(C(=O)N[C@H]2[C@@H]3CC(O[Si](C)(C)C(C)(C)C)C[C@@H]32)cc([C@@H](C)c2ccccc2)n1. The van der Waals surface area contributed by atoms with Crippen LogP contribution in [0.3, 0.4) is 0 Å². The van der Waals surface area contributed by atoms with Gasteiger partial charge in [0.2, 0.25) is 0 Å². The van der Waals surface area contributed by atoms with Gasteiger partial charge < -0.3 is 15.1 Å². The Hall–Kier alpha value is -2.51. The molecular formula is C28H39N3O3Si. The Kier molecular flexibility index (Phi) is 6.95. The van der Waals surface area contributed by atoms with E-state index >= 15 is 0 Å². The van der Waals surface area contributed by atoms with Crippen LogP contribution in [0.2, 0.25) is 18.1 Å². The molecule has 7 heteroatoms. The Morgan fingerprint density at radius 2 is 1.69 bits per heavy atom. The molecule has 1 heterocycles. The first-order chi connectivity index (χ1) is 16.4. The summed E-state index contributed by atoms with van der Waals surface area (Å²) >= 11 is 0. The van der Waals surface area contributed by atoms with Crippen LogP contribution in [0.25, 0.3) is 0 Å². The summed E-state index contributed by atoms with van der Waals surface area (Å²) in [6.07, 6.45) is 2.33. The molecule has 4 rings (SSSR count). The summed E-state index contributed by atoms with van der Waals surface area (Å²) < 4.78 is 6.61. The summed E-state index contributed by atoms with van der Waals surface area (Å²) in [7, 11) is -0.210. The molecule has 0 spiro atoms. The molecule has 188 valence electrons. The highest BCUT2D eigenvalue weighted by Gasteiger charge is 2.58. The van der Waals surface area contributed by atoms with Crippen LogP contribution in [0.5, 0.6) is 0 Å². The molecule has 6 nitrogen and oxygen atoms in total. The summed E-state index contributed by atoms with van der Waals surface area (Å²) in [5.74, 6) is 0.490. The van der Waals surface area contributed by atoms with Crippen molar-refractivity contribution in [1.82, 2.24) is 15.6 Å². The lowest BCUT2D eigenvalue weighted by atomic mass is 9.95. The number of fused-ring (bicyclic) bond motifs is 1. The summed E-state index contributed by atoms with van der Waals surface area (Å²) in [6.45, 7) is 13.5. The largest absolute Gasteiger partial charge is 0.414 e. The zero-order valence-corrected chi connectivity index (χ0v) is 23.0. The fraction of sp³-hybridized carbons (Fsp3) is 0.536. The lowest BCUT2D eigenvalue weighted by Gasteiger charge is -2.39. The van der Waals surface area contributed by atoms with Crippen molar-refractivity contribution in [3.05, 3.63) is 65.0 Å². The van der Waals surface area contributed by atoms with Crippen molar-refractivity contribution in [2.75, 3.05) is 7.05 Å². The van der Waals surface area contributed by atoms with E-state index in [-0.39, 0.29) is 34.5 Å². The average molecular weight is 494 g/mol. The molecule has 2 saturated carbocycles. The van der Waals surface area contributed by atoms with Gasteiger partial charge in [-0.25, -0.2) is 4.98 Å². The maximum Gasteiger partial charge on any atom is 0.269 e. The second-order valence-electron chi connectivity index (χ2n) is 11.7. The summed E-state index contributed by atoms with van der Waals surface area (Å²) in [4.78, 5) is 30.2. The first-order valence-corrected chi connectivity index (χ1v) is 15.6. The van der Waals surface area contributed by atoms with Crippen molar-refractivity contribution < 1.29 is 14.0 Å². The summed E-state index contributed by atoms with van der Waals surface area (Å²) in [5, 5.41) is 6.06. The van der Waals surface area contributed by atoms with Gasteiger partial charge >= 0.3 is 0 Å². The molecule has 2 aliphatic carbocycles. The summed E-state index contributed by atoms with van der Waals surface area (Å²) in [5.41, 5.74) is 2.54. The van der Waals surface area contributed by atoms with Gasteiger partial charge in [-0.15, -0.1) is 0 Å². The van der Waals surface area contributed by atoms with Crippen LogP contribution < -0.4 is 10.6 Å². The van der Waals surface area contributed by atoms with Crippen molar-refractivity contribution in [3.63, 3.8) is 0 Å². The van der Waals surface area contributed by atoms with Gasteiger partial charge in [-0.2, -0.15) is 0 Å². The molecule has 1 aromatic carbocycles. The highest BCUT2D eigenvalue weighted by atomic mass is 28.4. The average Bonchev–Trinajstić information content (AvgIpc) is 3.25. The summed E-state index contributed by atoms with van der Waals surface area (Å²) in [6, 6.07) is 13.6. The number of carbonyl (C=O) groups is 2. The normalized spacial score (nSPS) is 24.4. The number of hydrogen-bond donors (Lipinski definition) is 2. The van der Waals surface area contributed by atoms with Crippen LogP contribution in [-0.4, -0.2) is 44.3 Å². The Labute approximate surface area is 210 Å². The molecule has 5 atom stereocenters. The van der Waals surface area contributed by atoms with Crippen LogP contribution in [0.4, 0.5) is 0 Å². The minimum Gasteiger partial charge on any atom is -0.414 e. The second-order valence-corrected chi connectivity index (χ2v) is 16.4. The monoisotopic (exact) mass is 493 g/mol. The van der Waals surface area contributed by atoms with Crippen LogP contribution >= 0.6 is 0 Å². The minimum absolute atomic E-state index is 0.0408. The van der Waals surface area contributed by atoms with E-state index in [2.05, 4.69) is 49.5 Å². The van der Waals surface area contributed by atoms with Crippen LogP contribution in [0, 0.1) is 11.8 Å². The van der Waals surface area contributed by atoms with E-state index in [1.54, 1.807) is 13.1 Å². The van der Waals surface area contributed by atoms with Gasteiger partial charge in [-0.1, -0.05) is 58.0 Å². The molecular weight excluding hydrogens is 454 g/mol. The predicted molar refractivity (Wildman–Crippen MR) is 141 cm³/mol. The third-order valence-electron chi connectivity index (χ3n) is 8.28. The third kappa shape index (κ3) is 5.36. The number of nitrogens with one attached hydrogen (secondary N) is 2. The van der Waals surface area contributed by atoms with E-state index in [0.29, 0.717) is 29.2 Å². The van der Waals surface area contributed by atoms with Crippen molar-refractivity contribution in [1.29, 1.82) is 0 Å². The van der Waals surface area contributed by atoms with E-state index in [4.69, 9.17) is 4.43 Å². The molecule has 2 aromatic rings. The van der Waals surface area contributed by atoms with Gasteiger partial charge in [0.1, 0.15) is 5.69 Å². The quantitative estimate of drug-likeness (QED) is 0.525. The minimum atomic E-state index is -1.78. The van der Waals surface area contributed by atoms with Gasteiger partial charge in [0.15, 0.2) is 8.32 Å². The predicted octanol–water partition coefficient (Wildman–Crippen LogP) is 5.12. The number of carbonyl (C=O) groups excluding carboxylic acids is 2. The molecule has 0 bridgehead atoms. The smallest absolute Gasteiger partial charge is 0.269 e. The van der Waals surface area contributed by atoms with Crippen LogP contribution in [0.15, 0.2) is 42.5 Å². The third-order valence-corrected chi connectivity index (χ3v) is 12.8. The number of hydrogen-bond acceptors (Lipinski definition) is 4. The van der Waals surface area contributed by atoms with E-state index < -0.39 is 8.32 Å². The van der Waals surface area contributed by atoms with E-state index in [0.717, 1.165) is 18.4 Å². The molecule has 0 radical (unpaired) electrons. The Bertz CT molecular complexity index is 1080. The standard InChI is InChI=1S/C28H39N3O3Si/c1-17(18-11-9-8-10-12-18)23-13-19(14-24(30-23)27(33)29-5)26(32)31-25-21-15-20(16-22(21)25)34-35(6,7)28(2,3)4/h8-14,17,20-22,25H,15-16H2,1-7H3,(H,29,33)(H,31,32)/t17-,20?,21-,22+,25+/m0/s1. The topological polar surface area (TPSA) is 80.3 Å². The van der Waals surface area contributed by atoms with Crippen LogP contribution in [0.1, 0.15) is 78.6 Å².